The van der Waals surface area contributed by atoms with Gasteiger partial charge in [-0.1, -0.05) is 0 Å². The van der Waals surface area contributed by atoms with Gasteiger partial charge in [-0.05, 0) is 18.3 Å². The zero-order valence-corrected chi connectivity index (χ0v) is 22.6. The Bertz CT molecular complexity index is 906. The monoisotopic (exact) mass is 569 g/mol. The molecule has 0 bridgehead atoms. The third kappa shape index (κ3) is 8.79. The number of carbonyl (C=O) groups excluding carboxylic acids is 7. The number of piperidine rings is 1. The molecule has 0 aromatic carbocycles. The third-order valence-corrected chi connectivity index (χ3v) is 6.88. The predicted octanol–water partition coefficient (Wildman–Crippen LogP) is -0.340. The Balaban J connectivity index is 1.54. The number of hydrogen-bond donors (Lipinski definition) is 0. The highest BCUT2D eigenvalue weighted by Crippen LogP contribution is 2.40. The number of imide groups is 2. The molecule has 3 saturated heterocycles. The molecule has 0 atom stereocenters. The van der Waals surface area contributed by atoms with Crippen molar-refractivity contribution >= 4 is 41.5 Å². The SMILES string of the molecule is COCCOCCOCCC(=O)N1CCC(CC(=O)ON2C(=O)CCC2=O)(CC(=O)ON2C(=O)CCC2=O)CC1. The first kappa shape index (κ1) is 31.1. The zero-order valence-electron chi connectivity index (χ0n) is 22.6. The van der Waals surface area contributed by atoms with Crippen LogP contribution in [0.2, 0.25) is 0 Å². The topological polar surface area (TPSA) is 175 Å². The number of hydrogen-bond acceptors (Lipinski definition) is 12. The van der Waals surface area contributed by atoms with Crippen LogP contribution in [0.3, 0.4) is 0 Å². The molecule has 0 spiro atoms. The Kier molecular flexibility index (Phi) is 11.5. The molecule has 3 fully saturated rings. The molecule has 3 heterocycles. The summed E-state index contributed by atoms with van der Waals surface area (Å²) < 4.78 is 15.6. The van der Waals surface area contributed by atoms with E-state index in [1.165, 1.54) is 0 Å². The van der Waals surface area contributed by atoms with Crippen molar-refractivity contribution in [1.82, 2.24) is 15.0 Å². The Morgan fingerprint density at radius 2 is 1.10 bits per heavy atom. The van der Waals surface area contributed by atoms with Crippen LogP contribution in [0.25, 0.3) is 0 Å². The van der Waals surface area contributed by atoms with E-state index in [4.69, 9.17) is 23.9 Å². The number of nitrogens with zero attached hydrogens (tertiary/aromatic N) is 3. The fourth-order valence-corrected chi connectivity index (χ4v) is 4.62. The van der Waals surface area contributed by atoms with Crippen LogP contribution < -0.4 is 0 Å². The van der Waals surface area contributed by atoms with Crippen molar-refractivity contribution in [2.24, 2.45) is 5.41 Å². The van der Waals surface area contributed by atoms with E-state index >= 15 is 0 Å². The molecule has 5 amide bonds. The van der Waals surface area contributed by atoms with Gasteiger partial charge in [0.15, 0.2) is 0 Å². The first-order valence-electron chi connectivity index (χ1n) is 13.2. The van der Waals surface area contributed by atoms with Crippen LogP contribution in [0.15, 0.2) is 0 Å². The highest BCUT2D eigenvalue weighted by molar-refractivity contribution is 6.02. The Hall–Kier alpha value is -3.43. The van der Waals surface area contributed by atoms with E-state index in [9.17, 15) is 33.6 Å². The highest BCUT2D eigenvalue weighted by atomic mass is 16.7. The molecule has 15 heteroatoms. The van der Waals surface area contributed by atoms with E-state index in [0.717, 1.165) is 0 Å². The number of ether oxygens (including phenoxy) is 3. The van der Waals surface area contributed by atoms with E-state index in [2.05, 4.69) is 0 Å². The minimum absolute atomic E-state index is 0.0664. The van der Waals surface area contributed by atoms with Gasteiger partial charge in [0.2, 0.25) is 5.91 Å². The molecular formula is C25H35N3O12. The molecule has 15 nitrogen and oxygen atoms in total. The summed E-state index contributed by atoms with van der Waals surface area (Å²) in [6.45, 7) is 2.25. The minimum atomic E-state index is -1.06. The maximum absolute atomic E-state index is 12.7. The highest BCUT2D eigenvalue weighted by Gasteiger charge is 2.43. The molecule has 0 unspecified atom stereocenters. The summed E-state index contributed by atoms with van der Waals surface area (Å²) in [5.74, 6) is -4.51. The van der Waals surface area contributed by atoms with Gasteiger partial charge in [-0.15, -0.1) is 10.1 Å². The van der Waals surface area contributed by atoms with E-state index in [0.29, 0.717) is 36.6 Å². The van der Waals surface area contributed by atoms with E-state index < -0.39 is 41.0 Å². The quantitative estimate of drug-likeness (QED) is 0.186. The molecular weight excluding hydrogens is 534 g/mol. The number of carbonyl (C=O) groups is 7. The van der Waals surface area contributed by atoms with Crippen LogP contribution in [0.4, 0.5) is 0 Å². The number of hydroxylamine groups is 4. The second-order valence-corrected chi connectivity index (χ2v) is 9.79. The molecule has 40 heavy (non-hydrogen) atoms. The summed E-state index contributed by atoms with van der Waals surface area (Å²) in [7, 11) is 1.57. The van der Waals surface area contributed by atoms with Gasteiger partial charge >= 0.3 is 11.9 Å². The second-order valence-electron chi connectivity index (χ2n) is 9.79. The Morgan fingerprint density at radius 3 is 1.55 bits per heavy atom. The Morgan fingerprint density at radius 1 is 0.675 bits per heavy atom. The zero-order chi connectivity index (χ0) is 29.1. The van der Waals surface area contributed by atoms with Crippen molar-refractivity contribution in [2.45, 2.75) is 57.8 Å². The second kappa shape index (κ2) is 14.8. The maximum Gasteiger partial charge on any atom is 0.333 e. The van der Waals surface area contributed by atoms with E-state index in [1.54, 1.807) is 12.0 Å². The molecule has 3 rings (SSSR count). The van der Waals surface area contributed by atoms with Gasteiger partial charge in [0, 0.05) is 45.9 Å². The smallest absolute Gasteiger partial charge is 0.333 e. The van der Waals surface area contributed by atoms with Crippen LogP contribution in [0, 0.1) is 5.41 Å². The van der Waals surface area contributed by atoms with Crippen LogP contribution in [0.1, 0.15) is 57.8 Å². The maximum atomic E-state index is 12.7. The Labute approximate surface area is 230 Å². The lowest BCUT2D eigenvalue weighted by atomic mass is 9.73. The summed E-state index contributed by atoms with van der Waals surface area (Å²) in [5.41, 5.74) is -1.06. The van der Waals surface area contributed by atoms with Crippen LogP contribution >= 0.6 is 0 Å². The van der Waals surface area contributed by atoms with Crippen LogP contribution in [-0.4, -0.2) is 110 Å². The average Bonchev–Trinajstić information content (AvgIpc) is 3.40. The number of methoxy groups -OCH3 is 1. The molecule has 3 aliphatic rings. The van der Waals surface area contributed by atoms with Crippen molar-refractivity contribution in [2.75, 3.05) is 53.2 Å². The van der Waals surface area contributed by atoms with Gasteiger partial charge in [-0.2, -0.15) is 0 Å². The summed E-state index contributed by atoms with van der Waals surface area (Å²) in [4.78, 5) is 97.2. The third-order valence-electron chi connectivity index (χ3n) is 6.88. The minimum Gasteiger partial charge on any atom is -0.382 e. The summed E-state index contributed by atoms with van der Waals surface area (Å²) >= 11 is 0. The number of amides is 5. The molecule has 0 aliphatic carbocycles. The first-order valence-corrected chi connectivity index (χ1v) is 13.2. The van der Waals surface area contributed by atoms with Gasteiger partial charge in [-0.3, -0.25) is 24.0 Å². The molecule has 222 valence electrons. The summed E-state index contributed by atoms with van der Waals surface area (Å²) in [6.07, 6.45) is -0.446. The number of likely N-dealkylation sites (tertiary alicyclic amines) is 1. The lowest BCUT2D eigenvalue weighted by Crippen LogP contribution is -2.46. The van der Waals surface area contributed by atoms with E-state index in [-0.39, 0.29) is 83.4 Å². The normalized spacial score (nSPS) is 19.0. The molecule has 0 aromatic rings. The van der Waals surface area contributed by atoms with Gasteiger partial charge in [0.25, 0.3) is 23.6 Å². The van der Waals surface area contributed by atoms with Gasteiger partial charge in [0.1, 0.15) is 0 Å². The fraction of sp³-hybridized carbons (Fsp3) is 0.720. The van der Waals surface area contributed by atoms with Crippen molar-refractivity contribution in [3.8, 4) is 0 Å². The molecule has 0 N–H and O–H groups in total. The molecule has 0 aromatic heterocycles. The summed E-state index contributed by atoms with van der Waals surface area (Å²) in [6, 6.07) is 0. The first-order chi connectivity index (χ1) is 19.1. The summed E-state index contributed by atoms with van der Waals surface area (Å²) in [5, 5.41) is 0.856. The van der Waals surface area contributed by atoms with Gasteiger partial charge in [-0.25, -0.2) is 9.59 Å². The molecule has 0 saturated carbocycles. The van der Waals surface area contributed by atoms with Crippen LogP contribution in [-0.2, 0) is 57.4 Å². The average molecular weight is 570 g/mol. The van der Waals surface area contributed by atoms with Gasteiger partial charge < -0.3 is 28.8 Å². The van der Waals surface area contributed by atoms with Crippen molar-refractivity contribution in [3.05, 3.63) is 0 Å². The molecule has 3 aliphatic heterocycles. The predicted molar refractivity (Wildman–Crippen MR) is 130 cm³/mol. The number of rotatable bonds is 15. The van der Waals surface area contributed by atoms with Gasteiger partial charge in [0.05, 0.1) is 52.3 Å². The lowest BCUT2D eigenvalue weighted by molar-refractivity contribution is -0.203. The fourth-order valence-electron chi connectivity index (χ4n) is 4.62. The largest absolute Gasteiger partial charge is 0.382 e. The molecule has 0 radical (unpaired) electrons. The van der Waals surface area contributed by atoms with Crippen molar-refractivity contribution in [3.63, 3.8) is 0 Å². The van der Waals surface area contributed by atoms with E-state index in [1.807, 2.05) is 0 Å². The van der Waals surface area contributed by atoms with Crippen molar-refractivity contribution in [1.29, 1.82) is 0 Å². The standard InChI is InChI=1S/C25H35N3O12/c1-36-12-13-38-15-14-37-11-6-18(29)26-9-7-25(8-10-26,16-23(34)39-27-19(30)2-3-20(27)31)17-24(35)40-28-21(32)4-5-22(28)33/h2-17H2,1H3. The van der Waals surface area contributed by atoms with Crippen LogP contribution in [0.5, 0.6) is 0 Å². The van der Waals surface area contributed by atoms with Crippen molar-refractivity contribution < 1.29 is 57.4 Å². The lowest BCUT2D eigenvalue weighted by Gasteiger charge is -2.41.